The van der Waals surface area contributed by atoms with Crippen LogP contribution in [0.4, 0.5) is 5.69 Å². The number of thioether (sulfide) groups is 1. The third-order valence-corrected chi connectivity index (χ3v) is 5.87. The number of non-ortho nitro benzene ring substituents is 1. The SMILES string of the molecule is Cc1ccccc1-n1c(C)cc(/C=N\NC(=O)CSCc2ccc([N+](=O)[O-])cc2)c1C. The Morgan fingerprint density at radius 2 is 1.87 bits per heavy atom. The van der Waals surface area contributed by atoms with Crippen LogP contribution in [0.3, 0.4) is 0 Å². The summed E-state index contributed by atoms with van der Waals surface area (Å²) in [6.07, 6.45) is 1.66. The zero-order chi connectivity index (χ0) is 22.4. The molecule has 7 nitrogen and oxygen atoms in total. The Balaban J connectivity index is 1.53. The predicted octanol–water partition coefficient (Wildman–Crippen LogP) is 4.69. The number of rotatable bonds is 8. The van der Waals surface area contributed by atoms with Gasteiger partial charge in [0.25, 0.3) is 5.69 Å². The molecule has 2 aromatic carbocycles. The van der Waals surface area contributed by atoms with E-state index in [0.29, 0.717) is 5.75 Å². The summed E-state index contributed by atoms with van der Waals surface area (Å²) in [5, 5.41) is 14.8. The zero-order valence-electron chi connectivity index (χ0n) is 17.7. The van der Waals surface area contributed by atoms with E-state index in [9.17, 15) is 14.9 Å². The minimum atomic E-state index is -0.430. The first-order chi connectivity index (χ1) is 14.9. The maximum absolute atomic E-state index is 12.0. The van der Waals surface area contributed by atoms with Crippen LogP contribution < -0.4 is 5.43 Å². The minimum absolute atomic E-state index is 0.0580. The molecule has 0 saturated carbocycles. The van der Waals surface area contributed by atoms with Crippen molar-refractivity contribution in [3.8, 4) is 5.69 Å². The lowest BCUT2D eigenvalue weighted by molar-refractivity contribution is -0.384. The first-order valence-corrected chi connectivity index (χ1v) is 10.9. The molecule has 0 radical (unpaired) electrons. The van der Waals surface area contributed by atoms with E-state index < -0.39 is 4.92 Å². The third kappa shape index (κ3) is 5.61. The molecule has 0 atom stereocenters. The van der Waals surface area contributed by atoms with Gasteiger partial charge in [0.1, 0.15) is 0 Å². The highest BCUT2D eigenvalue weighted by Crippen LogP contribution is 2.22. The van der Waals surface area contributed by atoms with Crippen LogP contribution in [0, 0.1) is 30.9 Å². The van der Waals surface area contributed by atoms with E-state index in [-0.39, 0.29) is 17.3 Å². The van der Waals surface area contributed by atoms with E-state index in [1.165, 1.54) is 29.5 Å². The molecule has 0 saturated heterocycles. The average Bonchev–Trinajstić information content (AvgIpc) is 3.02. The second-order valence-corrected chi connectivity index (χ2v) is 8.14. The number of nitro groups is 1. The number of hydrogen-bond acceptors (Lipinski definition) is 5. The molecular formula is C23H24N4O3S. The van der Waals surface area contributed by atoms with Crippen molar-refractivity contribution in [2.75, 3.05) is 5.75 Å². The molecule has 8 heteroatoms. The van der Waals surface area contributed by atoms with Gasteiger partial charge in [-0.2, -0.15) is 5.10 Å². The van der Waals surface area contributed by atoms with Crippen molar-refractivity contribution in [1.82, 2.24) is 9.99 Å². The van der Waals surface area contributed by atoms with Crippen LogP contribution in [0.5, 0.6) is 0 Å². The quantitative estimate of drug-likeness (QED) is 0.315. The van der Waals surface area contributed by atoms with E-state index >= 15 is 0 Å². The predicted molar refractivity (Wildman–Crippen MR) is 125 cm³/mol. The van der Waals surface area contributed by atoms with E-state index in [1.807, 2.05) is 32.0 Å². The molecule has 0 spiro atoms. The second-order valence-electron chi connectivity index (χ2n) is 7.16. The molecule has 3 aromatic rings. The molecule has 1 N–H and O–H groups in total. The van der Waals surface area contributed by atoms with E-state index in [0.717, 1.165) is 28.2 Å². The van der Waals surface area contributed by atoms with Crippen molar-refractivity contribution >= 4 is 29.6 Å². The molecule has 0 fully saturated rings. The van der Waals surface area contributed by atoms with Crippen molar-refractivity contribution in [2.24, 2.45) is 5.10 Å². The van der Waals surface area contributed by atoms with Gasteiger partial charge in [0.05, 0.1) is 16.9 Å². The summed E-state index contributed by atoms with van der Waals surface area (Å²) < 4.78 is 2.18. The molecule has 0 aliphatic rings. The van der Waals surface area contributed by atoms with Gasteiger partial charge < -0.3 is 4.57 Å². The fraction of sp³-hybridized carbons (Fsp3) is 0.217. The number of carbonyl (C=O) groups is 1. The number of hydrazone groups is 1. The first-order valence-electron chi connectivity index (χ1n) is 9.74. The Hall–Kier alpha value is -3.39. The van der Waals surface area contributed by atoms with Crippen molar-refractivity contribution in [3.63, 3.8) is 0 Å². The average molecular weight is 437 g/mol. The fourth-order valence-electron chi connectivity index (χ4n) is 3.28. The van der Waals surface area contributed by atoms with E-state index in [4.69, 9.17) is 0 Å². The van der Waals surface area contributed by atoms with Crippen LogP contribution in [0.25, 0.3) is 5.69 Å². The van der Waals surface area contributed by atoms with Gasteiger partial charge in [0, 0.05) is 40.5 Å². The molecule has 1 aromatic heterocycles. The lowest BCUT2D eigenvalue weighted by atomic mass is 10.2. The number of hydrogen-bond donors (Lipinski definition) is 1. The van der Waals surface area contributed by atoms with Crippen LogP contribution in [0.2, 0.25) is 0 Å². The molecule has 0 aliphatic heterocycles. The molecule has 1 heterocycles. The van der Waals surface area contributed by atoms with Gasteiger partial charge in [0.2, 0.25) is 5.91 Å². The standard InChI is InChI=1S/C23H24N4O3S/c1-16-6-4-5-7-22(16)26-17(2)12-20(18(26)3)13-24-25-23(28)15-31-14-19-8-10-21(11-9-19)27(29)30/h4-13H,14-15H2,1-3H3,(H,25,28)/b24-13-. The number of aryl methyl sites for hydroxylation is 2. The first kappa shape index (κ1) is 22.3. The van der Waals surface area contributed by atoms with Gasteiger partial charge in [-0.3, -0.25) is 14.9 Å². The topological polar surface area (TPSA) is 89.5 Å². The smallest absolute Gasteiger partial charge is 0.269 e. The Bertz CT molecular complexity index is 1120. The lowest BCUT2D eigenvalue weighted by Crippen LogP contribution is -2.19. The van der Waals surface area contributed by atoms with Gasteiger partial charge in [-0.25, -0.2) is 5.43 Å². The zero-order valence-corrected chi connectivity index (χ0v) is 18.5. The van der Waals surface area contributed by atoms with Crippen molar-refractivity contribution in [2.45, 2.75) is 26.5 Å². The maximum atomic E-state index is 12.0. The van der Waals surface area contributed by atoms with Crippen LogP contribution >= 0.6 is 11.8 Å². The molecule has 0 aliphatic carbocycles. The van der Waals surface area contributed by atoms with Crippen molar-refractivity contribution in [1.29, 1.82) is 0 Å². The number of nitrogens with one attached hydrogen (secondary N) is 1. The highest BCUT2D eigenvalue weighted by molar-refractivity contribution is 7.99. The van der Waals surface area contributed by atoms with Crippen LogP contribution in [0.1, 0.15) is 28.1 Å². The van der Waals surface area contributed by atoms with Crippen LogP contribution in [-0.2, 0) is 10.5 Å². The summed E-state index contributed by atoms with van der Waals surface area (Å²) in [6, 6.07) is 16.6. The highest BCUT2D eigenvalue weighted by Gasteiger charge is 2.11. The van der Waals surface area contributed by atoms with Gasteiger partial charge >= 0.3 is 0 Å². The largest absolute Gasteiger partial charge is 0.318 e. The number of carbonyl (C=O) groups excluding carboxylic acids is 1. The summed E-state index contributed by atoms with van der Waals surface area (Å²) in [5.74, 6) is 0.638. The summed E-state index contributed by atoms with van der Waals surface area (Å²) >= 11 is 1.42. The van der Waals surface area contributed by atoms with Gasteiger partial charge in [0.15, 0.2) is 0 Å². The minimum Gasteiger partial charge on any atom is -0.318 e. The monoisotopic (exact) mass is 436 g/mol. The third-order valence-electron chi connectivity index (χ3n) is 4.87. The number of para-hydroxylation sites is 1. The Morgan fingerprint density at radius 3 is 2.55 bits per heavy atom. The summed E-state index contributed by atoms with van der Waals surface area (Å²) in [5.41, 5.74) is 8.95. The van der Waals surface area contributed by atoms with E-state index in [2.05, 4.69) is 34.2 Å². The van der Waals surface area contributed by atoms with Gasteiger partial charge in [-0.05, 0) is 44.0 Å². The van der Waals surface area contributed by atoms with Gasteiger partial charge in [-0.1, -0.05) is 30.3 Å². The van der Waals surface area contributed by atoms with Gasteiger partial charge in [-0.15, -0.1) is 11.8 Å². The van der Waals surface area contributed by atoms with Crippen molar-refractivity contribution in [3.05, 3.63) is 92.8 Å². The molecule has 1 amide bonds. The molecule has 160 valence electrons. The Morgan fingerprint density at radius 1 is 1.16 bits per heavy atom. The Labute approximate surface area is 185 Å². The molecule has 0 unspecified atom stereocenters. The fourth-order valence-corrected chi connectivity index (χ4v) is 4.07. The summed E-state index contributed by atoms with van der Waals surface area (Å²) in [7, 11) is 0. The van der Waals surface area contributed by atoms with E-state index in [1.54, 1.807) is 18.3 Å². The summed E-state index contributed by atoms with van der Waals surface area (Å²) in [4.78, 5) is 22.3. The number of amides is 1. The maximum Gasteiger partial charge on any atom is 0.269 e. The molecule has 3 rings (SSSR count). The Kier molecular flexibility index (Phi) is 7.25. The molecule has 0 bridgehead atoms. The number of aromatic nitrogens is 1. The second kappa shape index (κ2) is 10.1. The number of benzene rings is 2. The highest BCUT2D eigenvalue weighted by atomic mass is 32.2. The molecular weight excluding hydrogens is 412 g/mol. The summed E-state index contributed by atoms with van der Waals surface area (Å²) in [6.45, 7) is 6.16. The van der Waals surface area contributed by atoms with Crippen molar-refractivity contribution < 1.29 is 9.72 Å². The number of nitro benzene ring substituents is 1. The lowest BCUT2D eigenvalue weighted by Gasteiger charge is -2.12. The van der Waals surface area contributed by atoms with Crippen LogP contribution in [0.15, 0.2) is 59.7 Å². The molecule has 31 heavy (non-hydrogen) atoms. The number of nitrogens with zero attached hydrogens (tertiary/aromatic N) is 3. The van der Waals surface area contributed by atoms with Crippen LogP contribution in [-0.4, -0.2) is 27.4 Å². The normalized spacial score (nSPS) is 11.1.